The van der Waals surface area contributed by atoms with Crippen LogP contribution in [0.25, 0.3) is 11.0 Å². The quantitative estimate of drug-likeness (QED) is 0.625. The molecule has 0 bridgehead atoms. The Morgan fingerprint density at radius 2 is 2.04 bits per heavy atom. The Balaban J connectivity index is 1.52. The Bertz CT molecular complexity index is 772. The van der Waals surface area contributed by atoms with Crippen LogP contribution in [0.2, 0.25) is 0 Å². The first-order valence-corrected chi connectivity index (χ1v) is 9.34. The van der Waals surface area contributed by atoms with E-state index < -0.39 is 0 Å². The van der Waals surface area contributed by atoms with Crippen molar-refractivity contribution in [3.05, 3.63) is 36.1 Å². The molecule has 0 unspecified atom stereocenters. The maximum absolute atomic E-state index is 12.2. The lowest BCUT2D eigenvalue weighted by Gasteiger charge is -2.30. The van der Waals surface area contributed by atoms with Gasteiger partial charge in [0.15, 0.2) is 5.17 Å². The summed E-state index contributed by atoms with van der Waals surface area (Å²) in [7, 11) is 0. The minimum Gasteiger partial charge on any atom is -0.455 e. The summed E-state index contributed by atoms with van der Waals surface area (Å²) in [5, 5.41) is 10.2. The number of carbonyl (C=O) groups excluding carboxylic acids is 1. The molecule has 0 atom stereocenters. The molecule has 5 nitrogen and oxygen atoms in total. The van der Waals surface area contributed by atoms with Crippen molar-refractivity contribution in [1.82, 2.24) is 4.90 Å². The van der Waals surface area contributed by atoms with E-state index in [-0.39, 0.29) is 5.91 Å². The van der Waals surface area contributed by atoms with Crippen molar-refractivity contribution in [3.8, 4) is 0 Å². The van der Waals surface area contributed by atoms with E-state index in [2.05, 4.69) is 10.2 Å². The number of amides is 1. The van der Waals surface area contributed by atoms with Crippen molar-refractivity contribution in [2.75, 3.05) is 5.75 Å². The number of hydrogen-bond donors (Lipinski definition) is 0. The lowest BCUT2D eigenvalue weighted by Crippen LogP contribution is -2.40. The molecule has 2 heterocycles. The van der Waals surface area contributed by atoms with E-state index in [1.807, 2.05) is 35.2 Å². The molecule has 4 rings (SSSR count). The number of rotatable bonds is 3. The number of fused-ring (bicyclic) bond motifs is 1. The summed E-state index contributed by atoms with van der Waals surface area (Å²) in [6.45, 7) is 0. The molecular formula is C18H19N3O2S. The van der Waals surface area contributed by atoms with Crippen LogP contribution in [0.5, 0.6) is 0 Å². The zero-order valence-corrected chi connectivity index (χ0v) is 14.2. The van der Waals surface area contributed by atoms with E-state index >= 15 is 0 Å². The number of nitrogens with zero attached hydrogens (tertiary/aromatic N) is 3. The van der Waals surface area contributed by atoms with Crippen molar-refractivity contribution >= 4 is 40.0 Å². The standard InChI is InChI=1S/C18H19N3O2S/c22-17-12-24-18(21(17)14-7-2-1-3-8-14)20-19-11-15-10-13-6-4-5-9-16(13)23-15/h4-6,9-11,14H,1-3,7-8,12H2. The fraction of sp³-hybridized carbons (Fsp3) is 0.389. The fourth-order valence-corrected chi connectivity index (χ4v) is 4.24. The fourth-order valence-electron chi connectivity index (χ4n) is 3.35. The second-order valence-electron chi connectivity index (χ2n) is 6.16. The predicted molar refractivity (Wildman–Crippen MR) is 97.4 cm³/mol. The van der Waals surface area contributed by atoms with Gasteiger partial charge in [-0.2, -0.15) is 5.10 Å². The number of para-hydroxylation sites is 1. The van der Waals surface area contributed by atoms with Gasteiger partial charge in [-0.1, -0.05) is 49.2 Å². The summed E-state index contributed by atoms with van der Waals surface area (Å²) >= 11 is 1.47. The molecule has 2 aromatic rings. The third-order valence-corrected chi connectivity index (χ3v) is 5.44. The molecule has 1 saturated carbocycles. The van der Waals surface area contributed by atoms with Gasteiger partial charge in [-0.05, 0) is 25.0 Å². The summed E-state index contributed by atoms with van der Waals surface area (Å²) in [6.07, 6.45) is 7.39. The largest absolute Gasteiger partial charge is 0.455 e. The van der Waals surface area contributed by atoms with E-state index in [0.717, 1.165) is 29.0 Å². The molecule has 1 aliphatic heterocycles. The van der Waals surface area contributed by atoms with Crippen LogP contribution >= 0.6 is 11.8 Å². The Labute approximate surface area is 144 Å². The van der Waals surface area contributed by atoms with Gasteiger partial charge < -0.3 is 4.42 Å². The molecule has 1 aliphatic carbocycles. The number of furan rings is 1. The lowest BCUT2D eigenvalue weighted by molar-refractivity contribution is -0.126. The lowest BCUT2D eigenvalue weighted by atomic mass is 9.94. The first kappa shape index (κ1) is 15.4. The predicted octanol–water partition coefficient (Wildman–Crippen LogP) is 4.03. The number of carbonyl (C=O) groups is 1. The molecule has 1 saturated heterocycles. The van der Waals surface area contributed by atoms with Crippen molar-refractivity contribution in [3.63, 3.8) is 0 Å². The third kappa shape index (κ3) is 3.11. The SMILES string of the molecule is O=C1CSC(=NN=Cc2cc3ccccc3o2)N1C1CCCCC1. The van der Waals surface area contributed by atoms with Crippen LogP contribution in [0.4, 0.5) is 0 Å². The van der Waals surface area contributed by atoms with E-state index in [0.29, 0.717) is 17.6 Å². The normalized spacial score (nSPS) is 21.6. The van der Waals surface area contributed by atoms with Crippen molar-refractivity contribution in [1.29, 1.82) is 0 Å². The molecule has 2 fully saturated rings. The topological polar surface area (TPSA) is 58.2 Å². The van der Waals surface area contributed by atoms with Crippen LogP contribution in [0.15, 0.2) is 45.0 Å². The van der Waals surface area contributed by atoms with Crippen LogP contribution in [0, 0.1) is 0 Å². The van der Waals surface area contributed by atoms with Gasteiger partial charge in [-0.25, -0.2) is 0 Å². The van der Waals surface area contributed by atoms with Crippen molar-refractivity contribution in [2.45, 2.75) is 38.1 Å². The average molecular weight is 341 g/mol. The Hall–Kier alpha value is -2.08. The molecule has 0 spiro atoms. The van der Waals surface area contributed by atoms with Gasteiger partial charge in [-0.3, -0.25) is 9.69 Å². The second-order valence-corrected chi connectivity index (χ2v) is 7.10. The number of amidine groups is 1. The molecule has 1 aromatic carbocycles. The number of hydrogen-bond acceptors (Lipinski definition) is 5. The molecule has 0 radical (unpaired) electrons. The van der Waals surface area contributed by atoms with Gasteiger partial charge in [0, 0.05) is 11.4 Å². The van der Waals surface area contributed by atoms with Crippen molar-refractivity contribution in [2.24, 2.45) is 10.2 Å². The zero-order chi connectivity index (χ0) is 16.4. The van der Waals surface area contributed by atoms with Crippen LogP contribution in [0.3, 0.4) is 0 Å². The molecule has 124 valence electrons. The summed E-state index contributed by atoms with van der Waals surface area (Å²) in [5.41, 5.74) is 0.834. The first-order valence-electron chi connectivity index (χ1n) is 8.36. The molecular weight excluding hydrogens is 322 g/mol. The monoisotopic (exact) mass is 341 g/mol. The molecule has 1 aromatic heterocycles. The second kappa shape index (κ2) is 6.81. The first-order chi connectivity index (χ1) is 11.8. The number of thioether (sulfide) groups is 1. The number of benzene rings is 1. The third-order valence-electron chi connectivity index (χ3n) is 4.51. The summed E-state index contributed by atoms with van der Waals surface area (Å²) in [5.74, 6) is 1.29. The molecule has 6 heteroatoms. The van der Waals surface area contributed by atoms with Gasteiger partial charge in [0.25, 0.3) is 0 Å². The van der Waals surface area contributed by atoms with E-state index in [9.17, 15) is 4.79 Å². The van der Waals surface area contributed by atoms with E-state index in [1.165, 1.54) is 31.0 Å². The Morgan fingerprint density at radius 3 is 2.88 bits per heavy atom. The van der Waals surface area contributed by atoms with Crippen molar-refractivity contribution < 1.29 is 9.21 Å². The molecule has 2 aliphatic rings. The minimum atomic E-state index is 0.157. The smallest absolute Gasteiger partial charge is 0.239 e. The van der Waals surface area contributed by atoms with Gasteiger partial charge in [0.1, 0.15) is 11.3 Å². The zero-order valence-electron chi connectivity index (χ0n) is 13.4. The molecule has 24 heavy (non-hydrogen) atoms. The maximum Gasteiger partial charge on any atom is 0.239 e. The highest BCUT2D eigenvalue weighted by Gasteiger charge is 2.34. The van der Waals surface area contributed by atoms with Crippen LogP contribution in [-0.4, -0.2) is 34.0 Å². The Kier molecular flexibility index (Phi) is 4.38. The molecule has 0 N–H and O–H groups in total. The van der Waals surface area contributed by atoms with Gasteiger partial charge in [0.05, 0.1) is 12.0 Å². The Morgan fingerprint density at radius 1 is 1.21 bits per heavy atom. The molecule has 1 amide bonds. The van der Waals surface area contributed by atoms with Crippen LogP contribution in [-0.2, 0) is 4.79 Å². The highest BCUT2D eigenvalue weighted by molar-refractivity contribution is 8.15. The van der Waals surface area contributed by atoms with E-state index in [1.54, 1.807) is 6.21 Å². The van der Waals surface area contributed by atoms with Crippen LogP contribution in [0.1, 0.15) is 37.9 Å². The van der Waals surface area contributed by atoms with Gasteiger partial charge >= 0.3 is 0 Å². The average Bonchev–Trinajstić information content (AvgIpc) is 3.19. The van der Waals surface area contributed by atoms with E-state index in [4.69, 9.17) is 4.42 Å². The highest BCUT2D eigenvalue weighted by Crippen LogP contribution is 2.30. The van der Waals surface area contributed by atoms with Gasteiger partial charge in [-0.15, -0.1) is 5.10 Å². The summed E-state index contributed by atoms with van der Waals surface area (Å²) in [6, 6.07) is 10.1. The summed E-state index contributed by atoms with van der Waals surface area (Å²) in [4.78, 5) is 14.0. The maximum atomic E-state index is 12.2. The van der Waals surface area contributed by atoms with Gasteiger partial charge in [0.2, 0.25) is 5.91 Å². The minimum absolute atomic E-state index is 0.157. The highest BCUT2D eigenvalue weighted by atomic mass is 32.2. The van der Waals surface area contributed by atoms with Crippen LogP contribution < -0.4 is 0 Å². The summed E-state index contributed by atoms with van der Waals surface area (Å²) < 4.78 is 5.69.